The van der Waals surface area contributed by atoms with E-state index in [1.165, 1.54) is 17.8 Å². The van der Waals surface area contributed by atoms with E-state index >= 15 is 0 Å². The Morgan fingerprint density at radius 3 is 3.11 bits per heavy atom. The normalized spacial score (nSPS) is 10.3. The number of amides is 1. The number of anilines is 1. The van der Waals surface area contributed by atoms with Gasteiger partial charge in [-0.1, -0.05) is 11.6 Å². The lowest BCUT2D eigenvalue weighted by Crippen LogP contribution is -2.26. The van der Waals surface area contributed by atoms with Crippen LogP contribution < -0.4 is 11.1 Å². The van der Waals surface area contributed by atoms with E-state index in [4.69, 9.17) is 17.3 Å². The smallest absolute Gasteiger partial charge is 0.253 e. The number of aromatic nitrogens is 1. The maximum Gasteiger partial charge on any atom is 0.253 e. The average molecular weight is 282 g/mol. The second-order valence-corrected chi connectivity index (χ2v) is 4.91. The molecule has 0 bridgehead atoms. The molecule has 1 amide bonds. The quantitative estimate of drug-likeness (QED) is 0.904. The van der Waals surface area contributed by atoms with Crippen LogP contribution in [0.2, 0.25) is 5.02 Å². The van der Waals surface area contributed by atoms with Gasteiger partial charge >= 0.3 is 0 Å². The van der Waals surface area contributed by atoms with Gasteiger partial charge in [0.25, 0.3) is 5.91 Å². The van der Waals surface area contributed by atoms with Gasteiger partial charge in [0, 0.05) is 12.7 Å². The van der Waals surface area contributed by atoms with Crippen molar-refractivity contribution >= 4 is 34.7 Å². The van der Waals surface area contributed by atoms with Gasteiger partial charge in [0.05, 0.1) is 10.6 Å². The molecule has 94 valence electrons. The fourth-order valence-electron chi connectivity index (χ4n) is 1.48. The van der Waals surface area contributed by atoms with Gasteiger partial charge in [0.15, 0.2) is 0 Å². The van der Waals surface area contributed by atoms with Crippen molar-refractivity contribution in [2.24, 2.45) is 0 Å². The second-order valence-electron chi connectivity index (χ2n) is 3.73. The molecule has 0 aromatic carbocycles. The Labute approximate surface area is 114 Å². The molecule has 18 heavy (non-hydrogen) atoms. The van der Waals surface area contributed by atoms with Crippen LogP contribution in [0.25, 0.3) is 0 Å². The Bertz CT molecular complexity index is 542. The van der Waals surface area contributed by atoms with Crippen LogP contribution >= 0.6 is 22.9 Å². The summed E-state index contributed by atoms with van der Waals surface area (Å²) in [6.07, 6.45) is 2.18. The summed E-state index contributed by atoms with van der Waals surface area (Å²) in [5.41, 5.74) is 7.09. The molecule has 3 N–H and O–H groups in total. The van der Waals surface area contributed by atoms with Crippen molar-refractivity contribution in [3.63, 3.8) is 0 Å². The second kappa shape index (κ2) is 5.84. The number of halogens is 1. The van der Waals surface area contributed by atoms with E-state index in [-0.39, 0.29) is 11.7 Å². The Morgan fingerprint density at radius 2 is 2.39 bits per heavy atom. The summed E-state index contributed by atoms with van der Waals surface area (Å²) < 4.78 is 0. The van der Waals surface area contributed by atoms with Crippen LogP contribution in [0, 0.1) is 0 Å². The molecule has 0 saturated carbocycles. The van der Waals surface area contributed by atoms with Crippen LogP contribution in [-0.4, -0.2) is 17.4 Å². The number of rotatable bonds is 4. The first-order valence-electron chi connectivity index (χ1n) is 5.37. The number of nitrogens with two attached hydrogens (primary N) is 1. The first-order valence-corrected chi connectivity index (χ1v) is 6.69. The van der Waals surface area contributed by atoms with Gasteiger partial charge in [-0.15, -0.1) is 0 Å². The van der Waals surface area contributed by atoms with Gasteiger partial charge in [0.2, 0.25) is 0 Å². The van der Waals surface area contributed by atoms with Gasteiger partial charge in [-0.25, -0.2) is 4.98 Å². The van der Waals surface area contributed by atoms with E-state index in [1.807, 2.05) is 11.4 Å². The number of nitrogen functional groups attached to an aromatic ring is 1. The van der Waals surface area contributed by atoms with Crippen molar-refractivity contribution in [3.8, 4) is 0 Å². The van der Waals surface area contributed by atoms with Crippen LogP contribution in [0.4, 0.5) is 5.82 Å². The summed E-state index contributed by atoms with van der Waals surface area (Å²) in [7, 11) is 0. The molecule has 0 atom stereocenters. The zero-order valence-electron chi connectivity index (χ0n) is 9.52. The van der Waals surface area contributed by atoms with E-state index in [9.17, 15) is 4.79 Å². The number of hydrogen-bond acceptors (Lipinski definition) is 4. The molecule has 2 aromatic rings. The summed E-state index contributed by atoms with van der Waals surface area (Å²) in [5, 5.41) is 7.18. The molecular weight excluding hydrogens is 270 g/mol. The number of hydrogen-bond donors (Lipinski definition) is 2. The SMILES string of the molecule is Nc1cc(C(=O)NCCc2ccsc2)c(Cl)cn1. The first kappa shape index (κ1) is 12.9. The van der Waals surface area contributed by atoms with E-state index in [0.717, 1.165) is 6.42 Å². The summed E-state index contributed by atoms with van der Waals surface area (Å²) in [5.74, 6) is 0.0479. The third-order valence-electron chi connectivity index (χ3n) is 2.40. The first-order chi connectivity index (χ1) is 8.66. The highest BCUT2D eigenvalue weighted by Gasteiger charge is 2.10. The topological polar surface area (TPSA) is 68.0 Å². The predicted octanol–water partition coefficient (Wildman–Crippen LogP) is 2.35. The predicted molar refractivity (Wildman–Crippen MR) is 74.0 cm³/mol. The third kappa shape index (κ3) is 3.21. The van der Waals surface area contributed by atoms with Crippen LogP contribution in [0.3, 0.4) is 0 Å². The molecule has 0 fully saturated rings. The van der Waals surface area contributed by atoms with Crippen LogP contribution in [-0.2, 0) is 6.42 Å². The molecule has 2 rings (SSSR count). The number of thiophene rings is 1. The zero-order valence-corrected chi connectivity index (χ0v) is 11.1. The number of carbonyl (C=O) groups excluding carboxylic acids is 1. The van der Waals surface area contributed by atoms with Crippen molar-refractivity contribution in [2.75, 3.05) is 12.3 Å². The fourth-order valence-corrected chi connectivity index (χ4v) is 2.37. The average Bonchev–Trinajstić information content (AvgIpc) is 2.85. The summed E-state index contributed by atoms with van der Waals surface area (Å²) in [6.45, 7) is 0.564. The van der Waals surface area contributed by atoms with Crippen LogP contribution in [0.15, 0.2) is 29.1 Å². The molecule has 0 aliphatic carbocycles. The molecule has 0 unspecified atom stereocenters. The lowest BCUT2D eigenvalue weighted by molar-refractivity contribution is 0.0954. The molecule has 6 heteroatoms. The molecule has 0 radical (unpaired) electrons. The highest BCUT2D eigenvalue weighted by Crippen LogP contribution is 2.16. The number of pyridine rings is 1. The lowest BCUT2D eigenvalue weighted by Gasteiger charge is -2.06. The highest BCUT2D eigenvalue weighted by molar-refractivity contribution is 7.07. The maximum absolute atomic E-state index is 11.9. The van der Waals surface area contributed by atoms with E-state index in [0.29, 0.717) is 17.1 Å². The van der Waals surface area contributed by atoms with E-state index in [2.05, 4.69) is 15.7 Å². The van der Waals surface area contributed by atoms with Crippen LogP contribution in [0.1, 0.15) is 15.9 Å². The molecule has 2 heterocycles. The van der Waals surface area contributed by atoms with E-state index < -0.39 is 0 Å². The minimum absolute atomic E-state index is 0.232. The van der Waals surface area contributed by atoms with Crippen molar-refractivity contribution in [2.45, 2.75) is 6.42 Å². The summed E-state index contributed by atoms with van der Waals surface area (Å²) in [4.78, 5) is 15.7. The van der Waals surface area contributed by atoms with Crippen molar-refractivity contribution in [3.05, 3.63) is 45.2 Å². The van der Waals surface area contributed by atoms with Crippen LogP contribution in [0.5, 0.6) is 0 Å². The van der Waals surface area contributed by atoms with Gasteiger partial charge in [-0.05, 0) is 34.9 Å². The maximum atomic E-state index is 11.9. The number of nitrogens with zero attached hydrogens (tertiary/aromatic N) is 1. The summed E-state index contributed by atoms with van der Waals surface area (Å²) >= 11 is 7.53. The Hall–Kier alpha value is -1.59. The minimum Gasteiger partial charge on any atom is -0.384 e. The van der Waals surface area contributed by atoms with Gasteiger partial charge in [-0.2, -0.15) is 11.3 Å². The van der Waals surface area contributed by atoms with Gasteiger partial charge in [-0.3, -0.25) is 4.79 Å². The minimum atomic E-state index is -0.232. The molecular formula is C12H12ClN3OS. The highest BCUT2D eigenvalue weighted by atomic mass is 35.5. The molecule has 4 nitrogen and oxygen atoms in total. The molecule has 0 spiro atoms. The Morgan fingerprint density at radius 1 is 1.56 bits per heavy atom. The molecule has 0 aliphatic rings. The third-order valence-corrected chi connectivity index (χ3v) is 3.43. The molecule has 2 aromatic heterocycles. The Kier molecular flexibility index (Phi) is 4.17. The monoisotopic (exact) mass is 281 g/mol. The molecule has 0 saturated heterocycles. The van der Waals surface area contributed by atoms with Gasteiger partial charge < -0.3 is 11.1 Å². The number of nitrogens with one attached hydrogen (secondary N) is 1. The van der Waals surface area contributed by atoms with Crippen molar-refractivity contribution in [1.82, 2.24) is 10.3 Å². The van der Waals surface area contributed by atoms with Crippen molar-refractivity contribution < 1.29 is 4.79 Å². The van der Waals surface area contributed by atoms with Crippen molar-refractivity contribution in [1.29, 1.82) is 0 Å². The standard InChI is InChI=1S/C12H12ClN3OS/c13-10-6-16-11(14)5-9(10)12(17)15-3-1-8-2-4-18-7-8/h2,4-7H,1,3H2,(H2,14,16)(H,15,17). The summed E-state index contributed by atoms with van der Waals surface area (Å²) in [6, 6.07) is 3.51. The fraction of sp³-hybridized carbons (Fsp3) is 0.167. The largest absolute Gasteiger partial charge is 0.384 e. The lowest BCUT2D eigenvalue weighted by atomic mass is 10.2. The Balaban J connectivity index is 1.93. The van der Waals surface area contributed by atoms with Gasteiger partial charge in [0.1, 0.15) is 5.82 Å². The molecule has 0 aliphatic heterocycles. The zero-order chi connectivity index (χ0) is 13.0. The van der Waals surface area contributed by atoms with E-state index in [1.54, 1.807) is 11.3 Å². The number of carbonyl (C=O) groups is 1.